The highest BCUT2D eigenvalue weighted by atomic mass is 32.2. The molecule has 1 aromatic rings. The summed E-state index contributed by atoms with van der Waals surface area (Å²) in [5, 5.41) is 0. The van der Waals surface area contributed by atoms with E-state index in [-0.39, 0.29) is 5.92 Å². The molecule has 5 nitrogen and oxygen atoms in total. The number of nitrogens with two attached hydrogens (primary N) is 1. The van der Waals surface area contributed by atoms with Crippen molar-refractivity contribution in [1.29, 1.82) is 0 Å². The first kappa shape index (κ1) is 15.9. The van der Waals surface area contributed by atoms with Gasteiger partial charge in [-0.15, -0.1) is 0 Å². The van der Waals surface area contributed by atoms with Crippen LogP contribution in [0.5, 0.6) is 0 Å². The summed E-state index contributed by atoms with van der Waals surface area (Å²) in [4.78, 5) is 0. The van der Waals surface area contributed by atoms with E-state index >= 15 is 0 Å². The van der Waals surface area contributed by atoms with Crippen molar-refractivity contribution >= 4 is 15.9 Å². The van der Waals surface area contributed by atoms with Gasteiger partial charge in [0.15, 0.2) is 0 Å². The third kappa shape index (κ3) is 6.56. The average Bonchev–Trinajstić information content (AvgIpc) is 2.34. The first-order chi connectivity index (χ1) is 8.93. The van der Waals surface area contributed by atoms with E-state index in [0.29, 0.717) is 18.8 Å². The molecular formula is C13H23N3O2S. The minimum absolute atomic E-state index is 0.271. The van der Waals surface area contributed by atoms with Crippen molar-refractivity contribution < 1.29 is 8.42 Å². The van der Waals surface area contributed by atoms with Gasteiger partial charge in [0.25, 0.3) is 10.2 Å². The average molecular weight is 285 g/mol. The summed E-state index contributed by atoms with van der Waals surface area (Å²) in [6, 6.07) is 7.38. The Bertz CT molecular complexity index is 486. The summed E-state index contributed by atoms with van der Waals surface area (Å²) >= 11 is 0. The molecular weight excluding hydrogens is 262 g/mol. The summed E-state index contributed by atoms with van der Waals surface area (Å²) in [6.07, 6.45) is 1.74. The SMILES string of the molecule is CC(C)CNS(=O)(=O)Nc1cccc(CCCN)c1. The van der Waals surface area contributed by atoms with Crippen LogP contribution in [0.3, 0.4) is 0 Å². The predicted octanol–water partition coefficient (Wildman–Crippen LogP) is 1.48. The Morgan fingerprint density at radius 2 is 2.05 bits per heavy atom. The van der Waals surface area contributed by atoms with Crippen molar-refractivity contribution in [3.8, 4) is 0 Å². The van der Waals surface area contributed by atoms with Crippen molar-refractivity contribution in [2.45, 2.75) is 26.7 Å². The highest BCUT2D eigenvalue weighted by Crippen LogP contribution is 2.13. The van der Waals surface area contributed by atoms with E-state index in [9.17, 15) is 8.42 Å². The van der Waals surface area contributed by atoms with Crippen LogP contribution in [0.15, 0.2) is 24.3 Å². The molecule has 19 heavy (non-hydrogen) atoms. The van der Waals surface area contributed by atoms with Crippen LogP contribution < -0.4 is 15.2 Å². The Balaban J connectivity index is 2.65. The smallest absolute Gasteiger partial charge is 0.299 e. The maximum Gasteiger partial charge on any atom is 0.299 e. The zero-order chi connectivity index (χ0) is 14.3. The van der Waals surface area contributed by atoms with Crippen LogP contribution in [0.4, 0.5) is 5.69 Å². The molecule has 0 amide bonds. The third-order valence-corrected chi connectivity index (χ3v) is 3.58. The maximum atomic E-state index is 11.8. The standard InChI is InChI=1S/C13H23N3O2S/c1-11(2)10-15-19(17,18)16-13-7-3-5-12(9-13)6-4-8-14/h3,5,7,9,11,15-16H,4,6,8,10,14H2,1-2H3. The second-order valence-electron chi connectivity index (χ2n) is 4.94. The van der Waals surface area contributed by atoms with E-state index < -0.39 is 10.2 Å². The van der Waals surface area contributed by atoms with Gasteiger partial charge in [0.2, 0.25) is 0 Å². The highest BCUT2D eigenvalue weighted by Gasteiger charge is 2.10. The van der Waals surface area contributed by atoms with Gasteiger partial charge in [-0.2, -0.15) is 13.1 Å². The first-order valence-corrected chi connectivity index (χ1v) is 7.97. The van der Waals surface area contributed by atoms with E-state index in [4.69, 9.17) is 5.73 Å². The Kier molecular flexibility index (Phi) is 6.27. The summed E-state index contributed by atoms with van der Waals surface area (Å²) < 4.78 is 28.6. The van der Waals surface area contributed by atoms with Crippen LogP contribution in [0, 0.1) is 5.92 Å². The molecule has 0 bridgehead atoms. The van der Waals surface area contributed by atoms with Crippen LogP contribution in [0.25, 0.3) is 0 Å². The Morgan fingerprint density at radius 1 is 1.32 bits per heavy atom. The lowest BCUT2D eigenvalue weighted by Crippen LogP contribution is -2.32. The number of aryl methyl sites for hydroxylation is 1. The van der Waals surface area contributed by atoms with Crippen LogP contribution in [-0.4, -0.2) is 21.5 Å². The van der Waals surface area contributed by atoms with Crippen LogP contribution in [0.1, 0.15) is 25.8 Å². The highest BCUT2D eigenvalue weighted by molar-refractivity contribution is 7.90. The van der Waals surface area contributed by atoms with Gasteiger partial charge in [-0.1, -0.05) is 26.0 Å². The first-order valence-electron chi connectivity index (χ1n) is 6.49. The Morgan fingerprint density at radius 3 is 2.68 bits per heavy atom. The molecule has 1 rings (SSSR count). The summed E-state index contributed by atoms with van der Waals surface area (Å²) in [5.74, 6) is 0.271. The van der Waals surface area contributed by atoms with Gasteiger partial charge < -0.3 is 5.73 Å². The molecule has 0 aliphatic heterocycles. The molecule has 0 radical (unpaired) electrons. The Labute approximate surface area is 115 Å². The molecule has 6 heteroatoms. The second kappa shape index (κ2) is 7.47. The van der Waals surface area contributed by atoms with Gasteiger partial charge >= 0.3 is 0 Å². The van der Waals surface area contributed by atoms with Gasteiger partial charge in [0, 0.05) is 6.54 Å². The number of rotatable bonds is 8. The molecule has 0 unspecified atom stereocenters. The van der Waals surface area contributed by atoms with Crippen molar-refractivity contribution in [2.24, 2.45) is 11.7 Å². The molecule has 4 N–H and O–H groups in total. The minimum atomic E-state index is -3.49. The lowest BCUT2D eigenvalue weighted by atomic mass is 10.1. The molecule has 0 fully saturated rings. The number of anilines is 1. The third-order valence-electron chi connectivity index (χ3n) is 2.53. The topological polar surface area (TPSA) is 84.2 Å². The van der Waals surface area contributed by atoms with Gasteiger partial charge in [-0.3, -0.25) is 4.72 Å². The lowest BCUT2D eigenvalue weighted by Gasteiger charge is -2.11. The fourth-order valence-electron chi connectivity index (χ4n) is 1.56. The quantitative estimate of drug-likeness (QED) is 0.676. The normalized spacial score (nSPS) is 11.8. The maximum absolute atomic E-state index is 11.8. The predicted molar refractivity (Wildman–Crippen MR) is 79.2 cm³/mol. The minimum Gasteiger partial charge on any atom is -0.330 e. The molecule has 0 heterocycles. The van der Waals surface area contributed by atoms with Gasteiger partial charge in [0.05, 0.1) is 5.69 Å². The van der Waals surface area contributed by atoms with Gasteiger partial charge in [0.1, 0.15) is 0 Å². The fraction of sp³-hybridized carbons (Fsp3) is 0.538. The molecule has 0 aliphatic carbocycles. The number of benzene rings is 1. The summed E-state index contributed by atoms with van der Waals surface area (Å²) in [6.45, 7) is 4.96. The molecule has 0 atom stereocenters. The Hall–Kier alpha value is -1.11. The summed E-state index contributed by atoms with van der Waals surface area (Å²) in [5.41, 5.74) is 7.12. The van der Waals surface area contributed by atoms with Crippen LogP contribution in [-0.2, 0) is 16.6 Å². The van der Waals surface area contributed by atoms with E-state index in [1.807, 2.05) is 32.0 Å². The molecule has 0 aliphatic rings. The van der Waals surface area contributed by atoms with Gasteiger partial charge in [-0.05, 0) is 43.0 Å². The molecule has 0 saturated heterocycles. The molecule has 0 spiro atoms. The van der Waals surface area contributed by atoms with E-state index in [1.54, 1.807) is 6.07 Å². The largest absolute Gasteiger partial charge is 0.330 e. The number of hydrogen-bond acceptors (Lipinski definition) is 3. The molecule has 0 saturated carbocycles. The molecule has 0 aromatic heterocycles. The van der Waals surface area contributed by atoms with Crippen molar-refractivity contribution in [1.82, 2.24) is 4.72 Å². The summed E-state index contributed by atoms with van der Waals surface area (Å²) in [7, 11) is -3.49. The van der Waals surface area contributed by atoms with Crippen LogP contribution in [0.2, 0.25) is 0 Å². The zero-order valence-electron chi connectivity index (χ0n) is 11.5. The monoisotopic (exact) mass is 285 g/mol. The van der Waals surface area contributed by atoms with Crippen LogP contribution >= 0.6 is 0 Å². The van der Waals surface area contributed by atoms with Crippen molar-refractivity contribution in [2.75, 3.05) is 17.8 Å². The van der Waals surface area contributed by atoms with E-state index in [0.717, 1.165) is 18.4 Å². The van der Waals surface area contributed by atoms with Crippen molar-refractivity contribution in [3.63, 3.8) is 0 Å². The zero-order valence-corrected chi connectivity index (χ0v) is 12.3. The molecule has 1 aromatic carbocycles. The number of hydrogen-bond donors (Lipinski definition) is 3. The van der Waals surface area contributed by atoms with Gasteiger partial charge in [-0.25, -0.2) is 0 Å². The van der Waals surface area contributed by atoms with Crippen molar-refractivity contribution in [3.05, 3.63) is 29.8 Å². The van der Waals surface area contributed by atoms with E-state index in [1.165, 1.54) is 0 Å². The fourth-order valence-corrected chi connectivity index (χ4v) is 2.63. The van der Waals surface area contributed by atoms with E-state index in [2.05, 4.69) is 9.44 Å². The number of nitrogens with one attached hydrogen (secondary N) is 2. The lowest BCUT2D eigenvalue weighted by molar-refractivity contribution is 0.565. The molecule has 108 valence electrons. The second-order valence-corrected chi connectivity index (χ2v) is 6.44.